The fourth-order valence-electron chi connectivity index (χ4n) is 4.96. The van der Waals surface area contributed by atoms with Gasteiger partial charge in [-0.2, -0.15) is 0 Å². The quantitative estimate of drug-likeness (QED) is 0.599. The van der Waals surface area contributed by atoms with E-state index in [2.05, 4.69) is 39.9 Å². The molecule has 31 heavy (non-hydrogen) atoms. The minimum atomic E-state index is -0.220. The minimum Gasteiger partial charge on any atom is -0.369 e. The lowest BCUT2D eigenvalue weighted by atomic mass is 10.0. The van der Waals surface area contributed by atoms with E-state index in [1.165, 1.54) is 19.3 Å². The number of piperidine rings is 1. The highest BCUT2D eigenvalue weighted by Gasteiger charge is 2.32. The summed E-state index contributed by atoms with van der Waals surface area (Å²) in [5.74, 6) is 1.33. The molecule has 0 spiro atoms. The molecule has 1 aliphatic heterocycles. The first-order chi connectivity index (χ1) is 15.2. The van der Waals surface area contributed by atoms with Crippen LogP contribution in [-0.2, 0) is 11.3 Å². The van der Waals surface area contributed by atoms with Crippen molar-refractivity contribution in [3.63, 3.8) is 0 Å². The number of hydrogen-bond acceptors (Lipinski definition) is 6. The van der Waals surface area contributed by atoms with Gasteiger partial charge in [0.1, 0.15) is 16.5 Å². The number of carbonyl (C=O) groups is 1. The molecule has 1 aromatic carbocycles. The van der Waals surface area contributed by atoms with Crippen LogP contribution in [0.3, 0.4) is 0 Å². The van der Waals surface area contributed by atoms with Gasteiger partial charge in [-0.15, -0.1) is 11.3 Å². The number of nitrogens with two attached hydrogens (primary N) is 1. The molecule has 3 aromatic rings. The van der Waals surface area contributed by atoms with Crippen LogP contribution in [0.4, 0.5) is 5.82 Å². The first kappa shape index (κ1) is 20.4. The van der Waals surface area contributed by atoms with Crippen LogP contribution in [0, 0.1) is 5.92 Å². The zero-order chi connectivity index (χ0) is 21.2. The number of benzene rings is 1. The second kappa shape index (κ2) is 8.93. The van der Waals surface area contributed by atoms with Crippen LogP contribution >= 0.6 is 11.3 Å². The molecule has 3 N–H and O–H groups in total. The van der Waals surface area contributed by atoms with Gasteiger partial charge in [-0.25, -0.2) is 9.97 Å². The summed E-state index contributed by atoms with van der Waals surface area (Å²) in [4.78, 5) is 25.4. The number of aromatic nitrogens is 2. The lowest BCUT2D eigenvalue weighted by molar-refractivity contribution is -0.121. The number of carbonyl (C=O) groups excluding carboxylic acids is 1. The molecule has 2 atom stereocenters. The third-order valence-corrected chi connectivity index (χ3v) is 7.45. The van der Waals surface area contributed by atoms with Crippen LogP contribution < -0.4 is 11.1 Å². The molecule has 2 aromatic heterocycles. The molecule has 1 amide bonds. The van der Waals surface area contributed by atoms with Gasteiger partial charge in [0.2, 0.25) is 5.91 Å². The van der Waals surface area contributed by atoms with Crippen molar-refractivity contribution in [2.24, 2.45) is 11.7 Å². The second-order valence-electron chi connectivity index (χ2n) is 8.71. The van der Waals surface area contributed by atoms with Gasteiger partial charge in [0.15, 0.2) is 0 Å². The van der Waals surface area contributed by atoms with Crippen LogP contribution in [0.5, 0.6) is 0 Å². The number of amides is 1. The van der Waals surface area contributed by atoms with Gasteiger partial charge in [0.25, 0.3) is 0 Å². The first-order valence-corrected chi connectivity index (χ1v) is 12.2. The molecule has 2 unspecified atom stereocenters. The van der Waals surface area contributed by atoms with Crippen molar-refractivity contribution in [3.8, 4) is 11.1 Å². The van der Waals surface area contributed by atoms with E-state index >= 15 is 0 Å². The normalized spacial score (nSPS) is 22.1. The minimum absolute atomic E-state index is 0.0296. The van der Waals surface area contributed by atoms with Crippen molar-refractivity contribution in [1.82, 2.24) is 14.9 Å². The van der Waals surface area contributed by atoms with Crippen LogP contribution in [0.1, 0.15) is 44.3 Å². The van der Waals surface area contributed by atoms with E-state index < -0.39 is 0 Å². The number of primary amides is 1. The summed E-state index contributed by atoms with van der Waals surface area (Å²) in [6.45, 7) is 2.99. The van der Waals surface area contributed by atoms with E-state index in [-0.39, 0.29) is 17.9 Å². The Labute approximate surface area is 186 Å². The summed E-state index contributed by atoms with van der Waals surface area (Å²) < 4.78 is 0. The topological polar surface area (TPSA) is 84.1 Å². The molecular weight excluding hydrogens is 406 g/mol. The fourth-order valence-corrected chi connectivity index (χ4v) is 5.92. The molecule has 2 fully saturated rings. The van der Waals surface area contributed by atoms with Crippen molar-refractivity contribution < 1.29 is 4.79 Å². The number of nitrogens with one attached hydrogen (secondary N) is 1. The van der Waals surface area contributed by atoms with Gasteiger partial charge in [-0.1, -0.05) is 43.2 Å². The molecule has 2 aliphatic rings. The molecule has 7 heteroatoms. The molecule has 1 aliphatic carbocycles. The molecular formula is C24H29N5OS. The number of rotatable bonds is 6. The van der Waals surface area contributed by atoms with E-state index in [9.17, 15) is 4.79 Å². The van der Waals surface area contributed by atoms with Gasteiger partial charge in [0.05, 0.1) is 17.8 Å². The maximum Gasteiger partial charge on any atom is 0.222 e. The second-order valence-corrected chi connectivity index (χ2v) is 9.57. The number of likely N-dealkylation sites (tertiary alicyclic amines) is 1. The summed E-state index contributed by atoms with van der Waals surface area (Å²) in [6.07, 6.45) is 6.59. The lowest BCUT2D eigenvalue weighted by Crippen LogP contribution is -2.34. The first-order valence-electron chi connectivity index (χ1n) is 11.3. The van der Waals surface area contributed by atoms with Gasteiger partial charge in [-0.05, 0) is 44.3 Å². The number of anilines is 1. The van der Waals surface area contributed by atoms with E-state index in [1.807, 2.05) is 6.07 Å². The highest BCUT2D eigenvalue weighted by Crippen LogP contribution is 2.38. The van der Waals surface area contributed by atoms with Crippen molar-refractivity contribution in [2.75, 3.05) is 18.4 Å². The SMILES string of the molecule is NC(=O)C1CCCC1Nc1nc(CN2CCCCC2)nc2scc(-c3ccccc3)c12. The smallest absolute Gasteiger partial charge is 0.222 e. The number of hydrogen-bond donors (Lipinski definition) is 2. The maximum atomic E-state index is 12.0. The average molecular weight is 436 g/mol. The maximum absolute atomic E-state index is 12.0. The summed E-state index contributed by atoms with van der Waals surface area (Å²) >= 11 is 1.66. The van der Waals surface area contributed by atoms with Gasteiger partial charge in [0, 0.05) is 17.0 Å². The van der Waals surface area contributed by atoms with Crippen molar-refractivity contribution in [1.29, 1.82) is 0 Å². The Bertz CT molecular complexity index is 1060. The van der Waals surface area contributed by atoms with Crippen LogP contribution in [-0.4, -0.2) is 39.9 Å². The van der Waals surface area contributed by atoms with Crippen molar-refractivity contribution in [2.45, 2.75) is 51.1 Å². The Kier molecular flexibility index (Phi) is 5.87. The van der Waals surface area contributed by atoms with Gasteiger partial charge < -0.3 is 11.1 Å². The van der Waals surface area contributed by atoms with Crippen LogP contribution in [0.25, 0.3) is 21.3 Å². The Morgan fingerprint density at radius 2 is 1.90 bits per heavy atom. The molecule has 0 bridgehead atoms. The van der Waals surface area contributed by atoms with E-state index in [4.69, 9.17) is 15.7 Å². The van der Waals surface area contributed by atoms with Crippen molar-refractivity contribution in [3.05, 3.63) is 41.5 Å². The zero-order valence-corrected chi connectivity index (χ0v) is 18.5. The van der Waals surface area contributed by atoms with E-state index in [1.54, 1.807) is 11.3 Å². The summed E-state index contributed by atoms with van der Waals surface area (Å²) in [5, 5.41) is 6.85. The highest BCUT2D eigenvalue weighted by atomic mass is 32.1. The summed E-state index contributed by atoms with van der Waals surface area (Å²) in [5.41, 5.74) is 7.99. The van der Waals surface area contributed by atoms with Crippen molar-refractivity contribution >= 4 is 33.3 Å². The number of nitrogens with zero attached hydrogens (tertiary/aromatic N) is 3. The fraction of sp³-hybridized carbons (Fsp3) is 0.458. The predicted octanol–water partition coefficient (Wildman–Crippen LogP) is 4.41. The van der Waals surface area contributed by atoms with Gasteiger partial charge >= 0.3 is 0 Å². The Morgan fingerprint density at radius 3 is 2.68 bits per heavy atom. The Balaban J connectivity index is 1.55. The molecule has 6 nitrogen and oxygen atoms in total. The Morgan fingerprint density at radius 1 is 1.10 bits per heavy atom. The van der Waals surface area contributed by atoms with E-state index in [0.717, 1.165) is 71.9 Å². The Hall–Kier alpha value is -2.51. The predicted molar refractivity (Wildman–Crippen MR) is 126 cm³/mol. The monoisotopic (exact) mass is 435 g/mol. The summed E-state index contributed by atoms with van der Waals surface area (Å²) in [7, 11) is 0. The zero-order valence-electron chi connectivity index (χ0n) is 17.7. The highest BCUT2D eigenvalue weighted by molar-refractivity contribution is 7.17. The lowest BCUT2D eigenvalue weighted by Gasteiger charge is -2.26. The largest absolute Gasteiger partial charge is 0.369 e. The van der Waals surface area contributed by atoms with Crippen LogP contribution in [0.15, 0.2) is 35.7 Å². The standard InChI is InChI=1S/C24H29N5OS/c25-22(30)17-10-7-11-19(17)26-23-21-18(16-8-3-1-4-9-16)15-31-24(21)28-20(27-23)14-29-12-5-2-6-13-29/h1,3-4,8-9,15,17,19H,2,5-7,10-14H2,(H2,25,30)(H,26,27,28). The van der Waals surface area contributed by atoms with E-state index in [0.29, 0.717) is 0 Å². The molecule has 5 rings (SSSR count). The molecule has 1 saturated heterocycles. The summed E-state index contributed by atoms with van der Waals surface area (Å²) in [6, 6.07) is 10.4. The third-order valence-electron chi connectivity index (χ3n) is 6.58. The number of fused-ring (bicyclic) bond motifs is 1. The number of thiophene rings is 1. The van der Waals surface area contributed by atoms with Crippen LogP contribution in [0.2, 0.25) is 0 Å². The average Bonchev–Trinajstić information content (AvgIpc) is 3.42. The molecule has 3 heterocycles. The molecule has 1 saturated carbocycles. The third kappa shape index (κ3) is 4.29. The molecule has 162 valence electrons. The molecule has 0 radical (unpaired) electrons. The van der Waals surface area contributed by atoms with Gasteiger partial charge in [-0.3, -0.25) is 9.69 Å².